The van der Waals surface area contributed by atoms with Gasteiger partial charge in [0.1, 0.15) is 0 Å². The van der Waals surface area contributed by atoms with Gasteiger partial charge in [0.05, 0.1) is 5.92 Å². The maximum atomic E-state index is 11.4. The van der Waals surface area contributed by atoms with Crippen molar-refractivity contribution >= 4 is 5.97 Å². The minimum absolute atomic E-state index is 0.0871. The van der Waals surface area contributed by atoms with E-state index in [1.54, 1.807) is 0 Å². The molecule has 1 unspecified atom stereocenters. The van der Waals surface area contributed by atoms with Gasteiger partial charge in [-0.2, -0.15) is 0 Å². The predicted molar refractivity (Wildman–Crippen MR) is 68.0 cm³/mol. The molecule has 1 heterocycles. The Morgan fingerprint density at radius 2 is 1.76 bits per heavy atom. The summed E-state index contributed by atoms with van der Waals surface area (Å²) in [6, 6.07) is 0. The number of carbonyl (C=O) groups is 1. The van der Waals surface area contributed by atoms with E-state index in [1.165, 1.54) is 45.2 Å². The monoisotopic (exact) mass is 239 g/mol. The Hall–Kier alpha value is -0.570. The van der Waals surface area contributed by atoms with E-state index in [0.717, 1.165) is 25.8 Å². The second-order valence-corrected chi connectivity index (χ2v) is 5.68. The van der Waals surface area contributed by atoms with Gasteiger partial charge in [-0.15, -0.1) is 0 Å². The van der Waals surface area contributed by atoms with Crippen LogP contribution in [0, 0.1) is 11.8 Å². The zero-order valence-electron chi connectivity index (χ0n) is 10.7. The van der Waals surface area contributed by atoms with Crippen LogP contribution >= 0.6 is 0 Å². The van der Waals surface area contributed by atoms with Crippen LogP contribution in [0.4, 0.5) is 0 Å². The Labute approximate surface area is 104 Å². The summed E-state index contributed by atoms with van der Waals surface area (Å²) in [5.74, 6) is -0.198. The lowest BCUT2D eigenvalue weighted by Gasteiger charge is -2.28. The second kappa shape index (κ2) is 6.39. The molecule has 1 atom stereocenters. The molecule has 1 aliphatic carbocycles. The Kier molecular flexibility index (Phi) is 4.84. The first-order valence-electron chi connectivity index (χ1n) is 7.22. The molecule has 98 valence electrons. The van der Waals surface area contributed by atoms with Crippen molar-refractivity contribution in [2.24, 2.45) is 11.8 Å². The zero-order chi connectivity index (χ0) is 12.1. The highest BCUT2D eigenvalue weighted by Gasteiger charge is 2.29. The van der Waals surface area contributed by atoms with E-state index in [1.807, 2.05) is 0 Å². The van der Waals surface area contributed by atoms with Crippen LogP contribution in [-0.4, -0.2) is 35.6 Å². The summed E-state index contributed by atoms with van der Waals surface area (Å²) in [5.41, 5.74) is 0. The summed E-state index contributed by atoms with van der Waals surface area (Å²) < 4.78 is 0. The van der Waals surface area contributed by atoms with Gasteiger partial charge in [-0.3, -0.25) is 4.79 Å². The largest absolute Gasteiger partial charge is 0.481 e. The molecule has 0 radical (unpaired) electrons. The van der Waals surface area contributed by atoms with Crippen molar-refractivity contribution < 1.29 is 9.90 Å². The van der Waals surface area contributed by atoms with Crippen LogP contribution in [0.15, 0.2) is 0 Å². The molecular weight excluding hydrogens is 214 g/mol. The lowest BCUT2D eigenvalue weighted by Crippen LogP contribution is -2.30. The quantitative estimate of drug-likeness (QED) is 0.802. The SMILES string of the molecule is O=C(O)C(CCN1CCCC1)C1CCCCC1. The molecule has 0 aromatic heterocycles. The van der Waals surface area contributed by atoms with Crippen LogP contribution in [0.5, 0.6) is 0 Å². The molecule has 17 heavy (non-hydrogen) atoms. The predicted octanol–water partition coefficient (Wildman–Crippen LogP) is 2.75. The fourth-order valence-corrected chi connectivity index (χ4v) is 3.43. The molecule has 1 saturated heterocycles. The summed E-state index contributed by atoms with van der Waals surface area (Å²) in [6.45, 7) is 3.35. The van der Waals surface area contributed by atoms with E-state index in [0.29, 0.717) is 5.92 Å². The molecule has 3 heteroatoms. The van der Waals surface area contributed by atoms with Gasteiger partial charge in [-0.25, -0.2) is 0 Å². The van der Waals surface area contributed by atoms with Gasteiger partial charge in [-0.1, -0.05) is 19.3 Å². The number of nitrogens with zero attached hydrogens (tertiary/aromatic N) is 1. The van der Waals surface area contributed by atoms with Gasteiger partial charge in [0, 0.05) is 0 Å². The summed E-state index contributed by atoms with van der Waals surface area (Å²) in [5, 5.41) is 9.38. The standard InChI is InChI=1S/C14H25NO2/c16-14(17)13(12-6-2-1-3-7-12)8-11-15-9-4-5-10-15/h12-13H,1-11H2,(H,16,17). The number of carboxylic acids is 1. The van der Waals surface area contributed by atoms with Gasteiger partial charge in [0.2, 0.25) is 0 Å². The van der Waals surface area contributed by atoms with Gasteiger partial charge in [0.25, 0.3) is 0 Å². The molecule has 0 aromatic carbocycles. The van der Waals surface area contributed by atoms with Crippen LogP contribution in [0.3, 0.4) is 0 Å². The maximum Gasteiger partial charge on any atom is 0.306 e. The van der Waals surface area contributed by atoms with E-state index >= 15 is 0 Å². The van der Waals surface area contributed by atoms with Gasteiger partial charge >= 0.3 is 5.97 Å². The fourth-order valence-electron chi connectivity index (χ4n) is 3.43. The first-order chi connectivity index (χ1) is 8.27. The maximum absolute atomic E-state index is 11.4. The lowest BCUT2D eigenvalue weighted by atomic mass is 9.78. The summed E-state index contributed by atoms with van der Waals surface area (Å²) in [7, 11) is 0. The molecule has 2 rings (SSSR count). The van der Waals surface area contributed by atoms with Crippen molar-refractivity contribution in [3.63, 3.8) is 0 Å². The number of hydrogen-bond donors (Lipinski definition) is 1. The molecule has 2 aliphatic rings. The molecule has 0 spiro atoms. The number of aliphatic carboxylic acids is 1. The van der Waals surface area contributed by atoms with Gasteiger partial charge in [0.15, 0.2) is 0 Å². The number of hydrogen-bond acceptors (Lipinski definition) is 2. The van der Waals surface area contributed by atoms with Crippen molar-refractivity contribution in [3.05, 3.63) is 0 Å². The third-order valence-corrected chi connectivity index (χ3v) is 4.49. The van der Waals surface area contributed by atoms with Crippen LogP contribution in [-0.2, 0) is 4.79 Å². The van der Waals surface area contributed by atoms with Crippen molar-refractivity contribution in [2.75, 3.05) is 19.6 Å². The van der Waals surface area contributed by atoms with Crippen LogP contribution < -0.4 is 0 Å². The third-order valence-electron chi connectivity index (χ3n) is 4.49. The van der Waals surface area contributed by atoms with Gasteiger partial charge < -0.3 is 10.0 Å². The first-order valence-corrected chi connectivity index (χ1v) is 7.22. The van der Waals surface area contributed by atoms with Gasteiger partial charge in [-0.05, 0) is 57.7 Å². The number of likely N-dealkylation sites (tertiary alicyclic amines) is 1. The lowest BCUT2D eigenvalue weighted by molar-refractivity contribution is -0.144. The average molecular weight is 239 g/mol. The highest BCUT2D eigenvalue weighted by molar-refractivity contribution is 5.70. The number of carboxylic acid groups (broad SMARTS) is 1. The second-order valence-electron chi connectivity index (χ2n) is 5.68. The third kappa shape index (κ3) is 3.70. The Morgan fingerprint density at radius 3 is 2.35 bits per heavy atom. The smallest absolute Gasteiger partial charge is 0.306 e. The van der Waals surface area contributed by atoms with Crippen molar-refractivity contribution in [1.82, 2.24) is 4.90 Å². The van der Waals surface area contributed by atoms with Crippen LogP contribution in [0.1, 0.15) is 51.4 Å². The van der Waals surface area contributed by atoms with Crippen LogP contribution in [0.2, 0.25) is 0 Å². The normalized spacial score (nSPS) is 24.9. The van der Waals surface area contributed by atoms with E-state index in [2.05, 4.69) is 4.90 Å². The molecule has 1 N–H and O–H groups in total. The summed E-state index contributed by atoms with van der Waals surface area (Å²) >= 11 is 0. The minimum Gasteiger partial charge on any atom is -0.481 e. The van der Waals surface area contributed by atoms with Crippen molar-refractivity contribution in [2.45, 2.75) is 51.4 Å². The molecular formula is C14H25NO2. The summed E-state index contributed by atoms with van der Waals surface area (Å²) in [6.07, 6.45) is 9.49. The van der Waals surface area contributed by atoms with E-state index in [9.17, 15) is 9.90 Å². The Morgan fingerprint density at radius 1 is 1.12 bits per heavy atom. The highest BCUT2D eigenvalue weighted by atomic mass is 16.4. The zero-order valence-corrected chi connectivity index (χ0v) is 10.7. The molecule has 1 aliphatic heterocycles. The topological polar surface area (TPSA) is 40.5 Å². The average Bonchev–Trinajstić information content (AvgIpc) is 2.83. The first kappa shape index (κ1) is 12.9. The van der Waals surface area contributed by atoms with E-state index < -0.39 is 5.97 Å². The molecule has 0 aromatic rings. The molecule has 2 fully saturated rings. The highest BCUT2D eigenvalue weighted by Crippen LogP contribution is 2.32. The minimum atomic E-state index is -0.559. The summed E-state index contributed by atoms with van der Waals surface area (Å²) in [4.78, 5) is 13.8. The van der Waals surface area contributed by atoms with Crippen molar-refractivity contribution in [3.8, 4) is 0 Å². The van der Waals surface area contributed by atoms with Crippen molar-refractivity contribution in [1.29, 1.82) is 0 Å². The number of rotatable bonds is 5. The molecule has 0 bridgehead atoms. The van der Waals surface area contributed by atoms with E-state index in [-0.39, 0.29) is 5.92 Å². The van der Waals surface area contributed by atoms with Crippen LogP contribution in [0.25, 0.3) is 0 Å². The van der Waals surface area contributed by atoms with E-state index in [4.69, 9.17) is 0 Å². The molecule has 1 saturated carbocycles. The molecule has 0 amide bonds. The fraction of sp³-hybridized carbons (Fsp3) is 0.929. The Balaban J connectivity index is 1.80. The Bertz CT molecular complexity index is 243. The molecule has 3 nitrogen and oxygen atoms in total.